The summed E-state index contributed by atoms with van der Waals surface area (Å²) in [5.41, 5.74) is 7.65. The van der Waals surface area contributed by atoms with Gasteiger partial charge >= 0.3 is 0 Å². The van der Waals surface area contributed by atoms with Crippen LogP contribution in [0.1, 0.15) is 59.1 Å². The van der Waals surface area contributed by atoms with E-state index in [1.165, 1.54) is 59.1 Å². The normalized spacial score (nSPS) is 21.1. The minimum Gasteiger partial charge on any atom is -0.493 e. The lowest BCUT2D eigenvalue weighted by Gasteiger charge is -2.24. The van der Waals surface area contributed by atoms with Crippen molar-refractivity contribution in [3.63, 3.8) is 0 Å². The highest BCUT2D eigenvalue weighted by Gasteiger charge is 2.17. The predicted octanol–water partition coefficient (Wildman–Crippen LogP) is 5.27. The van der Waals surface area contributed by atoms with Gasteiger partial charge in [0.05, 0.1) is 13.2 Å². The Morgan fingerprint density at radius 2 is 1.06 bits per heavy atom. The van der Waals surface area contributed by atoms with Gasteiger partial charge in [0.2, 0.25) is 0 Å². The van der Waals surface area contributed by atoms with Crippen LogP contribution in [0.4, 0.5) is 0 Å². The average molecular weight is 451 g/mol. The molecule has 2 heterocycles. The SMILES string of the molecule is Cc1cc(Cc2cc(C)c(OCC3CCCNC3)c(C)c2)cc(C)c1OCC1CCCNC1. The fourth-order valence-electron chi connectivity index (χ4n) is 5.51. The molecule has 180 valence electrons. The van der Waals surface area contributed by atoms with Crippen molar-refractivity contribution in [1.29, 1.82) is 0 Å². The van der Waals surface area contributed by atoms with E-state index in [1.807, 2.05) is 0 Å². The standard InChI is InChI=1S/C29H42N2O2/c1-20-11-26(12-21(2)28(20)32-18-24-7-5-9-30-16-24)15-27-13-22(3)29(23(4)14-27)33-19-25-8-6-10-31-17-25/h11-14,24-25,30-31H,5-10,15-19H2,1-4H3. The van der Waals surface area contributed by atoms with Crippen LogP contribution in [-0.2, 0) is 6.42 Å². The van der Waals surface area contributed by atoms with E-state index < -0.39 is 0 Å². The zero-order valence-corrected chi connectivity index (χ0v) is 21.1. The molecule has 0 radical (unpaired) electrons. The highest BCUT2D eigenvalue weighted by Crippen LogP contribution is 2.30. The van der Waals surface area contributed by atoms with E-state index in [1.54, 1.807) is 0 Å². The van der Waals surface area contributed by atoms with Gasteiger partial charge in [-0.3, -0.25) is 0 Å². The van der Waals surface area contributed by atoms with E-state index in [-0.39, 0.29) is 0 Å². The van der Waals surface area contributed by atoms with E-state index in [0.717, 1.165) is 57.3 Å². The van der Waals surface area contributed by atoms with Crippen LogP contribution in [0.5, 0.6) is 11.5 Å². The molecular weight excluding hydrogens is 408 g/mol. The molecule has 0 spiro atoms. The minimum atomic E-state index is 0.623. The number of hydrogen-bond donors (Lipinski definition) is 2. The van der Waals surface area contributed by atoms with Gasteiger partial charge in [0.1, 0.15) is 11.5 Å². The third-order valence-corrected chi connectivity index (χ3v) is 7.17. The van der Waals surface area contributed by atoms with E-state index >= 15 is 0 Å². The smallest absolute Gasteiger partial charge is 0.125 e. The van der Waals surface area contributed by atoms with Crippen LogP contribution in [0.2, 0.25) is 0 Å². The van der Waals surface area contributed by atoms with Crippen molar-refractivity contribution in [2.75, 3.05) is 39.4 Å². The third-order valence-electron chi connectivity index (χ3n) is 7.17. The molecule has 2 fully saturated rings. The summed E-state index contributed by atoms with van der Waals surface area (Å²) in [6, 6.07) is 9.19. The van der Waals surface area contributed by atoms with Crippen molar-refractivity contribution in [3.8, 4) is 11.5 Å². The summed E-state index contributed by atoms with van der Waals surface area (Å²) >= 11 is 0. The van der Waals surface area contributed by atoms with Crippen molar-refractivity contribution in [2.24, 2.45) is 11.8 Å². The monoisotopic (exact) mass is 450 g/mol. The third kappa shape index (κ3) is 6.51. The topological polar surface area (TPSA) is 42.5 Å². The number of nitrogens with one attached hydrogen (secondary N) is 2. The molecule has 2 unspecified atom stereocenters. The fourth-order valence-corrected chi connectivity index (χ4v) is 5.51. The van der Waals surface area contributed by atoms with Crippen molar-refractivity contribution < 1.29 is 9.47 Å². The van der Waals surface area contributed by atoms with Gasteiger partial charge in [-0.2, -0.15) is 0 Å². The van der Waals surface area contributed by atoms with Crippen LogP contribution in [-0.4, -0.2) is 39.4 Å². The second kappa shape index (κ2) is 11.4. The highest BCUT2D eigenvalue weighted by atomic mass is 16.5. The van der Waals surface area contributed by atoms with Crippen molar-refractivity contribution in [3.05, 3.63) is 57.6 Å². The van der Waals surface area contributed by atoms with Gasteiger partial charge in [0, 0.05) is 24.9 Å². The van der Waals surface area contributed by atoms with Crippen LogP contribution in [0.15, 0.2) is 24.3 Å². The largest absolute Gasteiger partial charge is 0.493 e. The van der Waals surface area contributed by atoms with Crippen LogP contribution < -0.4 is 20.1 Å². The number of benzene rings is 2. The second-order valence-electron chi connectivity index (χ2n) is 10.3. The molecule has 0 saturated carbocycles. The molecule has 33 heavy (non-hydrogen) atoms. The van der Waals surface area contributed by atoms with Gasteiger partial charge in [-0.15, -0.1) is 0 Å². The lowest BCUT2D eigenvalue weighted by molar-refractivity contribution is 0.216. The van der Waals surface area contributed by atoms with Gasteiger partial charge in [-0.25, -0.2) is 0 Å². The zero-order valence-electron chi connectivity index (χ0n) is 21.1. The van der Waals surface area contributed by atoms with E-state index in [2.05, 4.69) is 62.6 Å². The molecule has 0 amide bonds. The summed E-state index contributed by atoms with van der Waals surface area (Å²) in [6.45, 7) is 14.8. The maximum Gasteiger partial charge on any atom is 0.125 e. The zero-order chi connectivity index (χ0) is 23.2. The molecule has 0 aromatic heterocycles. The number of piperidine rings is 2. The first kappa shape index (κ1) is 24.1. The number of aryl methyl sites for hydroxylation is 4. The van der Waals surface area contributed by atoms with E-state index in [9.17, 15) is 0 Å². The first-order valence-corrected chi connectivity index (χ1v) is 12.9. The molecule has 2 aromatic carbocycles. The maximum atomic E-state index is 6.28. The van der Waals surface area contributed by atoms with Crippen molar-refractivity contribution in [2.45, 2.75) is 59.8 Å². The Labute approximate surface area is 200 Å². The second-order valence-corrected chi connectivity index (χ2v) is 10.3. The molecular formula is C29H42N2O2. The summed E-state index contributed by atoms with van der Waals surface area (Å²) in [7, 11) is 0. The molecule has 2 aromatic rings. The lowest BCUT2D eigenvalue weighted by atomic mass is 9.96. The number of ether oxygens (including phenoxy) is 2. The van der Waals surface area contributed by atoms with Crippen molar-refractivity contribution in [1.82, 2.24) is 10.6 Å². The molecule has 4 nitrogen and oxygen atoms in total. The number of rotatable bonds is 8. The van der Waals surface area contributed by atoms with Gasteiger partial charge < -0.3 is 20.1 Å². The Morgan fingerprint density at radius 1 is 0.667 bits per heavy atom. The summed E-state index contributed by atoms with van der Waals surface area (Å²) < 4.78 is 12.6. The van der Waals surface area contributed by atoms with E-state index in [0.29, 0.717) is 11.8 Å². The Balaban J connectivity index is 1.39. The highest BCUT2D eigenvalue weighted by molar-refractivity contribution is 5.47. The molecule has 2 atom stereocenters. The first-order chi connectivity index (χ1) is 16.0. The van der Waals surface area contributed by atoms with Crippen LogP contribution >= 0.6 is 0 Å². The average Bonchev–Trinajstić information content (AvgIpc) is 2.79. The van der Waals surface area contributed by atoms with Gasteiger partial charge in [0.25, 0.3) is 0 Å². The van der Waals surface area contributed by atoms with E-state index in [4.69, 9.17) is 9.47 Å². The van der Waals surface area contributed by atoms with Gasteiger partial charge in [-0.05, 0) is 106 Å². The Hall–Kier alpha value is -2.04. The van der Waals surface area contributed by atoms with Crippen LogP contribution in [0.25, 0.3) is 0 Å². The predicted molar refractivity (Wildman–Crippen MR) is 137 cm³/mol. The van der Waals surface area contributed by atoms with Crippen LogP contribution in [0.3, 0.4) is 0 Å². The van der Waals surface area contributed by atoms with Gasteiger partial charge in [0.15, 0.2) is 0 Å². The van der Waals surface area contributed by atoms with Crippen LogP contribution in [0, 0.1) is 39.5 Å². The summed E-state index contributed by atoms with van der Waals surface area (Å²) in [6.07, 6.45) is 5.97. The van der Waals surface area contributed by atoms with Crippen molar-refractivity contribution >= 4 is 0 Å². The Kier molecular flexibility index (Phi) is 8.32. The quantitative estimate of drug-likeness (QED) is 0.575. The Morgan fingerprint density at radius 3 is 1.39 bits per heavy atom. The molecule has 2 N–H and O–H groups in total. The summed E-state index contributed by atoms with van der Waals surface area (Å²) in [5.74, 6) is 3.38. The number of hydrogen-bond acceptors (Lipinski definition) is 4. The molecule has 0 aliphatic carbocycles. The lowest BCUT2D eigenvalue weighted by Crippen LogP contribution is -2.33. The molecule has 4 heteroatoms. The fraction of sp³-hybridized carbons (Fsp3) is 0.586. The molecule has 4 rings (SSSR count). The molecule has 2 saturated heterocycles. The maximum absolute atomic E-state index is 6.28. The molecule has 2 aliphatic rings. The molecule has 0 bridgehead atoms. The minimum absolute atomic E-state index is 0.623. The first-order valence-electron chi connectivity index (χ1n) is 12.9. The molecule has 2 aliphatic heterocycles. The summed E-state index contributed by atoms with van der Waals surface area (Å²) in [4.78, 5) is 0. The Bertz CT molecular complexity index is 806. The summed E-state index contributed by atoms with van der Waals surface area (Å²) in [5, 5.41) is 6.96. The van der Waals surface area contributed by atoms with Gasteiger partial charge in [-0.1, -0.05) is 24.3 Å².